The van der Waals surface area contributed by atoms with Crippen molar-refractivity contribution in [3.63, 3.8) is 0 Å². The normalized spacial score (nSPS) is 13.8. The van der Waals surface area contributed by atoms with Gasteiger partial charge < -0.3 is 10.8 Å². The molecule has 2 aromatic rings. The molecule has 0 aromatic heterocycles. The summed E-state index contributed by atoms with van der Waals surface area (Å²) in [4.78, 5) is 11.6. The van der Waals surface area contributed by atoms with Crippen LogP contribution in [0.3, 0.4) is 0 Å². The Morgan fingerprint density at radius 1 is 1.11 bits per heavy atom. The van der Waals surface area contributed by atoms with Crippen molar-refractivity contribution in [1.29, 1.82) is 0 Å². The second-order valence-corrected chi connectivity index (χ2v) is 4.88. The topological polar surface area (TPSA) is 63.3 Å². The minimum Gasteiger partial charge on any atom is -0.480 e. The number of nitrogens with two attached hydrogens (primary N) is 1. The van der Waals surface area contributed by atoms with Crippen LogP contribution in [-0.2, 0) is 16.8 Å². The minimum atomic E-state index is -1.45. The molecule has 0 fully saturated rings. The van der Waals surface area contributed by atoms with E-state index in [1.807, 2.05) is 30.3 Å². The molecule has 1 atom stereocenters. The van der Waals surface area contributed by atoms with E-state index in [1.54, 1.807) is 24.3 Å². The highest BCUT2D eigenvalue weighted by molar-refractivity contribution is 6.30. The molecule has 0 unspecified atom stereocenters. The van der Waals surface area contributed by atoms with Gasteiger partial charge >= 0.3 is 5.97 Å². The number of carboxylic acid groups (broad SMARTS) is 1. The largest absolute Gasteiger partial charge is 0.480 e. The first kappa shape index (κ1) is 13.6. The number of carboxylic acids is 1. The quantitative estimate of drug-likeness (QED) is 0.902. The third-order valence-electron chi connectivity index (χ3n) is 3.07. The summed E-state index contributed by atoms with van der Waals surface area (Å²) in [6.45, 7) is 0. The van der Waals surface area contributed by atoms with Crippen LogP contribution in [0.25, 0.3) is 0 Å². The maximum absolute atomic E-state index is 11.6. The van der Waals surface area contributed by atoms with Crippen molar-refractivity contribution in [2.75, 3.05) is 0 Å². The summed E-state index contributed by atoms with van der Waals surface area (Å²) in [5.41, 5.74) is 6.06. The maximum atomic E-state index is 11.6. The maximum Gasteiger partial charge on any atom is 0.328 e. The summed E-state index contributed by atoms with van der Waals surface area (Å²) >= 11 is 5.81. The number of aliphatic carboxylic acids is 1. The average molecular weight is 276 g/mol. The van der Waals surface area contributed by atoms with Crippen LogP contribution in [0.2, 0.25) is 5.02 Å². The molecular formula is C15H14ClNO2. The summed E-state index contributed by atoms with van der Waals surface area (Å²) in [5.74, 6) is -1.06. The molecule has 0 amide bonds. The van der Waals surface area contributed by atoms with E-state index in [1.165, 1.54) is 0 Å². The van der Waals surface area contributed by atoms with Gasteiger partial charge in [-0.2, -0.15) is 0 Å². The highest BCUT2D eigenvalue weighted by atomic mass is 35.5. The molecule has 2 aromatic carbocycles. The van der Waals surface area contributed by atoms with Gasteiger partial charge in [-0.05, 0) is 23.3 Å². The fraction of sp³-hybridized carbons (Fsp3) is 0.133. The highest BCUT2D eigenvalue weighted by Gasteiger charge is 2.36. The van der Waals surface area contributed by atoms with Crippen molar-refractivity contribution in [3.8, 4) is 0 Å². The number of hydrogen-bond acceptors (Lipinski definition) is 2. The molecule has 0 aliphatic rings. The molecule has 0 heterocycles. The minimum absolute atomic E-state index is 0.227. The lowest BCUT2D eigenvalue weighted by Crippen LogP contribution is -2.46. The van der Waals surface area contributed by atoms with E-state index in [0.29, 0.717) is 10.6 Å². The first-order valence-corrected chi connectivity index (χ1v) is 6.22. The molecule has 0 spiro atoms. The molecule has 2 rings (SSSR count). The van der Waals surface area contributed by atoms with Crippen LogP contribution < -0.4 is 5.73 Å². The van der Waals surface area contributed by atoms with Gasteiger partial charge in [-0.25, -0.2) is 4.79 Å². The Labute approximate surface area is 116 Å². The summed E-state index contributed by atoms with van der Waals surface area (Å²) in [7, 11) is 0. The van der Waals surface area contributed by atoms with Crippen molar-refractivity contribution < 1.29 is 9.90 Å². The Morgan fingerprint density at radius 3 is 2.21 bits per heavy atom. The van der Waals surface area contributed by atoms with Gasteiger partial charge in [-0.3, -0.25) is 0 Å². The van der Waals surface area contributed by atoms with Crippen LogP contribution in [0.15, 0.2) is 54.6 Å². The Bertz CT molecular complexity index is 568. The van der Waals surface area contributed by atoms with Crippen molar-refractivity contribution in [2.24, 2.45) is 5.73 Å². The Morgan fingerprint density at radius 2 is 1.68 bits per heavy atom. The van der Waals surface area contributed by atoms with Crippen LogP contribution in [0.5, 0.6) is 0 Å². The second kappa shape index (κ2) is 5.43. The summed E-state index contributed by atoms with van der Waals surface area (Å²) < 4.78 is 0. The number of carbonyl (C=O) groups is 1. The highest BCUT2D eigenvalue weighted by Crippen LogP contribution is 2.25. The van der Waals surface area contributed by atoms with Crippen LogP contribution >= 0.6 is 11.6 Å². The lowest BCUT2D eigenvalue weighted by atomic mass is 9.85. The van der Waals surface area contributed by atoms with E-state index in [4.69, 9.17) is 17.3 Å². The zero-order valence-electron chi connectivity index (χ0n) is 10.2. The molecule has 0 saturated heterocycles. The van der Waals surface area contributed by atoms with Crippen molar-refractivity contribution >= 4 is 17.6 Å². The van der Waals surface area contributed by atoms with Crippen LogP contribution in [-0.4, -0.2) is 11.1 Å². The predicted octanol–water partition coefficient (Wildman–Crippen LogP) is 2.82. The number of rotatable bonds is 4. The Hall–Kier alpha value is -1.84. The Kier molecular flexibility index (Phi) is 3.88. The van der Waals surface area contributed by atoms with Gasteiger partial charge in [-0.1, -0.05) is 54.1 Å². The van der Waals surface area contributed by atoms with Gasteiger partial charge in [0.05, 0.1) is 0 Å². The molecule has 98 valence electrons. The first-order chi connectivity index (χ1) is 9.02. The molecule has 0 aliphatic carbocycles. The zero-order valence-corrected chi connectivity index (χ0v) is 11.0. The number of halogens is 1. The van der Waals surface area contributed by atoms with Gasteiger partial charge in [-0.15, -0.1) is 0 Å². The average Bonchev–Trinajstić information content (AvgIpc) is 2.40. The van der Waals surface area contributed by atoms with Gasteiger partial charge in [0.1, 0.15) is 5.54 Å². The monoisotopic (exact) mass is 275 g/mol. The molecule has 3 nitrogen and oxygen atoms in total. The van der Waals surface area contributed by atoms with E-state index in [0.717, 1.165) is 5.56 Å². The van der Waals surface area contributed by atoms with E-state index in [-0.39, 0.29) is 6.42 Å². The molecular weight excluding hydrogens is 262 g/mol. The smallest absolute Gasteiger partial charge is 0.328 e. The lowest BCUT2D eigenvalue weighted by Gasteiger charge is -2.25. The third-order valence-corrected chi connectivity index (χ3v) is 3.32. The van der Waals surface area contributed by atoms with Gasteiger partial charge in [0.15, 0.2) is 0 Å². The standard InChI is InChI=1S/C15H14ClNO2/c16-13-8-6-12(7-9-13)15(17,14(18)19)10-11-4-2-1-3-5-11/h1-9H,10,17H2,(H,18,19)/t15-/m1/s1. The molecule has 0 radical (unpaired) electrons. The first-order valence-electron chi connectivity index (χ1n) is 5.84. The van der Waals surface area contributed by atoms with Gasteiger partial charge in [0.25, 0.3) is 0 Å². The number of hydrogen-bond donors (Lipinski definition) is 2. The molecule has 3 N–H and O–H groups in total. The fourth-order valence-electron chi connectivity index (χ4n) is 1.97. The fourth-order valence-corrected chi connectivity index (χ4v) is 2.09. The predicted molar refractivity (Wildman–Crippen MR) is 75.1 cm³/mol. The van der Waals surface area contributed by atoms with Crippen LogP contribution in [0, 0.1) is 0 Å². The zero-order chi connectivity index (χ0) is 13.9. The van der Waals surface area contributed by atoms with E-state index in [2.05, 4.69) is 0 Å². The van der Waals surface area contributed by atoms with E-state index >= 15 is 0 Å². The molecule has 0 saturated carbocycles. The molecule has 0 bridgehead atoms. The second-order valence-electron chi connectivity index (χ2n) is 4.45. The summed E-state index contributed by atoms with van der Waals surface area (Å²) in [5, 5.41) is 10.0. The third kappa shape index (κ3) is 2.95. The van der Waals surface area contributed by atoms with Crippen molar-refractivity contribution in [2.45, 2.75) is 12.0 Å². The number of benzene rings is 2. The molecule has 4 heteroatoms. The van der Waals surface area contributed by atoms with E-state index in [9.17, 15) is 9.90 Å². The summed E-state index contributed by atoms with van der Waals surface area (Å²) in [6, 6.07) is 15.9. The van der Waals surface area contributed by atoms with Crippen molar-refractivity contribution in [1.82, 2.24) is 0 Å². The molecule has 0 aliphatic heterocycles. The van der Waals surface area contributed by atoms with Crippen LogP contribution in [0.1, 0.15) is 11.1 Å². The lowest BCUT2D eigenvalue weighted by molar-refractivity contribution is -0.143. The molecule has 19 heavy (non-hydrogen) atoms. The SMILES string of the molecule is N[C@@](Cc1ccccc1)(C(=O)O)c1ccc(Cl)cc1. The Balaban J connectivity index is 2.38. The van der Waals surface area contributed by atoms with E-state index < -0.39 is 11.5 Å². The van der Waals surface area contributed by atoms with Crippen LogP contribution in [0.4, 0.5) is 0 Å². The van der Waals surface area contributed by atoms with Gasteiger partial charge in [0, 0.05) is 11.4 Å². The van der Waals surface area contributed by atoms with Gasteiger partial charge in [0.2, 0.25) is 0 Å². The summed E-state index contributed by atoms with van der Waals surface area (Å²) in [6.07, 6.45) is 0.227. The van der Waals surface area contributed by atoms with Crippen molar-refractivity contribution in [3.05, 3.63) is 70.7 Å².